The highest BCUT2D eigenvalue weighted by molar-refractivity contribution is 5.98. The van der Waals surface area contributed by atoms with Crippen molar-refractivity contribution in [2.45, 2.75) is 44.2 Å². The zero-order valence-corrected chi connectivity index (χ0v) is 11.8. The van der Waals surface area contributed by atoms with Crippen molar-refractivity contribution in [3.8, 4) is 0 Å². The number of carbonyl (C=O) groups is 1. The fourth-order valence-corrected chi connectivity index (χ4v) is 2.31. The standard InChI is InChI=1S/C15H22N2O2/c1-10(2)11-4-6-12(7-5-11)17-14(18)15(16)8-13(9-15)19-3/h4-7,10,13H,8-9,16H2,1-3H3,(H,17,18). The predicted octanol–water partition coefficient (Wildman–Crippen LogP) is 2.25. The van der Waals surface area contributed by atoms with Gasteiger partial charge in [-0.25, -0.2) is 0 Å². The number of benzene rings is 1. The number of rotatable bonds is 4. The number of hydrogen-bond acceptors (Lipinski definition) is 3. The average molecular weight is 262 g/mol. The molecule has 1 aliphatic carbocycles. The molecule has 0 spiro atoms. The second-order valence-corrected chi connectivity index (χ2v) is 5.65. The Kier molecular flexibility index (Phi) is 3.92. The summed E-state index contributed by atoms with van der Waals surface area (Å²) in [4.78, 5) is 12.1. The van der Waals surface area contributed by atoms with Gasteiger partial charge in [0.05, 0.1) is 6.10 Å². The molecule has 0 heterocycles. The van der Waals surface area contributed by atoms with Crippen molar-refractivity contribution < 1.29 is 9.53 Å². The molecule has 4 heteroatoms. The van der Waals surface area contributed by atoms with Crippen LogP contribution in [0.1, 0.15) is 38.2 Å². The minimum atomic E-state index is -0.780. The summed E-state index contributed by atoms with van der Waals surface area (Å²) in [6, 6.07) is 7.90. The van der Waals surface area contributed by atoms with E-state index in [1.54, 1.807) is 7.11 Å². The van der Waals surface area contributed by atoms with Gasteiger partial charge in [0.2, 0.25) is 5.91 Å². The van der Waals surface area contributed by atoms with Gasteiger partial charge in [-0.2, -0.15) is 0 Å². The highest BCUT2D eigenvalue weighted by Gasteiger charge is 2.47. The van der Waals surface area contributed by atoms with E-state index in [4.69, 9.17) is 10.5 Å². The van der Waals surface area contributed by atoms with Crippen LogP contribution in [-0.2, 0) is 9.53 Å². The van der Waals surface area contributed by atoms with Crippen molar-refractivity contribution in [1.29, 1.82) is 0 Å². The first-order valence-electron chi connectivity index (χ1n) is 6.68. The first-order valence-corrected chi connectivity index (χ1v) is 6.68. The summed E-state index contributed by atoms with van der Waals surface area (Å²) in [7, 11) is 1.65. The van der Waals surface area contributed by atoms with Crippen LogP contribution < -0.4 is 11.1 Å². The topological polar surface area (TPSA) is 64.3 Å². The molecule has 0 unspecified atom stereocenters. The first kappa shape index (κ1) is 14.0. The van der Waals surface area contributed by atoms with Gasteiger partial charge in [-0.15, -0.1) is 0 Å². The van der Waals surface area contributed by atoms with E-state index in [1.165, 1.54) is 5.56 Å². The molecule has 1 fully saturated rings. The van der Waals surface area contributed by atoms with E-state index in [9.17, 15) is 4.79 Å². The summed E-state index contributed by atoms with van der Waals surface area (Å²) >= 11 is 0. The minimum absolute atomic E-state index is 0.110. The molecule has 4 nitrogen and oxygen atoms in total. The average Bonchev–Trinajstić information content (AvgIpc) is 2.35. The Bertz CT molecular complexity index is 448. The van der Waals surface area contributed by atoms with Crippen molar-refractivity contribution >= 4 is 11.6 Å². The molecule has 1 aliphatic rings. The molecule has 0 atom stereocenters. The first-order chi connectivity index (χ1) is 8.94. The molecule has 2 rings (SSSR count). The number of nitrogens with two attached hydrogens (primary N) is 1. The van der Waals surface area contributed by atoms with E-state index in [0.29, 0.717) is 18.8 Å². The van der Waals surface area contributed by atoms with Crippen molar-refractivity contribution in [3.63, 3.8) is 0 Å². The lowest BCUT2D eigenvalue weighted by Gasteiger charge is -2.42. The molecular weight excluding hydrogens is 240 g/mol. The van der Waals surface area contributed by atoms with Gasteiger partial charge in [-0.3, -0.25) is 4.79 Å². The maximum Gasteiger partial charge on any atom is 0.244 e. The van der Waals surface area contributed by atoms with Crippen LogP contribution in [0.3, 0.4) is 0 Å². The van der Waals surface area contributed by atoms with Gasteiger partial charge >= 0.3 is 0 Å². The third-order valence-corrected chi connectivity index (χ3v) is 3.80. The Labute approximate surface area is 114 Å². The maximum absolute atomic E-state index is 12.1. The zero-order chi connectivity index (χ0) is 14.0. The maximum atomic E-state index is 12.1. The summed E-state index contributed by atoms with van der Waals surface area (Å²) in [5.41, 5.74) is 7.31. The van der Waals surface area contributed by atoms with Gasteiger partial charge in [-0.1, -0.05) is 26.0 Å². The molecular formula is C15H22N2O2. The summed E-state index contributed by atoms with van der Waals surface area (Å²) in [5.74, 6) is 0.359. The lowest BCUT2D eigenvalue weighted by Crippen LogP contribution is -2.62. The van der Waals surface area contributed by atoms with Crippen molar-refractivity contribution in [1.82, 2.24) is 0 Å². The number of anilines is 1. The molecule has 1 aromatic rings. The molecule has 0 aromatic heterocycles. The zero-order valence-electron chi connectivity index (χ0n) is 11.8. The van der Waals surface area contributed by atoms with E-state index in [2.05, 4.69) is 19.2 Å². The predicted molar refractivity (Wildman–Crippen MR) is 76.1 cm³/mol. The van der Waals surface area contributed by atoms with E-state index in [1.807, 2.05) is 24.3 Å². The molecule has 0 bridgehead atoms. The van der Waals surface area contributed by atoms with Gasteiger partial charge in [0.25, 0.3) is 0 Å². The molecule has 3 N–H and O–H groups in total. The van der Waals surface area contributed by atoms with Gasteiger partial charge in [-0.05, 0) is 23.6 Å². The molecule has 0 radical (unpaired) electrons. The summed E-state index contributed by atoms with van der Waals surface area (Å²) in [6.45, 7) is 4.28. The third kappa shape index (κ3) is 2.96. The summed E-state index contributed by atoms with van der Waals surface area (Å²) < 4.78 is 5.16. The van der Waals surface area contributed by atoms with Gasteiger partial charge in [0, 0.05) is 25.6 Å². The number of carbonyl (C=O) groups excluding carboxylic acids is 1. The number of ether oxygens (including phenoxy) is 1. The molecule has 19 heavy (non-hydrogen) atoms. The van der Waals surface area contributed by atoms with Crippen LogP contribution in [0.4, 0.5) is 5.69 Å². The molecule has 0 saturated heterocycles. The molecule has 1 aromatic carbocycles. The minimum Gasteiger partial charge on any atom is -0.381 e. The fraction of sp³-hybridized carbons (Fsp3) is 0.533. The molecule has 1 saturated carbocycles. The van der Waals surface area contributed by atoms with Crippen LogP contribution >= 0.6 is 0 Å². The Morgan fingerprint density at radius 1 is 1.37 bits per heavy atom. The Morgan fingerprint density at radius 3 is 2.42 bits per heavy atom. The normalized spacial score (nSPS) is 26.1. The van der Waals surface area contributed by atoms with Gasteiger partial charge < -0.3 is 15.8 Å². The smallest absolute Gasteiger partial charge is 0.244 e. The second kappa shape index (κ2) is 5.31. The summed E-state index contributed by atoms with van der Waals surface area (Å²) in [5, 5.41) is 2.88. The van der Waals surface area contributed by atoms with Crippen LogP contribution in [0, 0.1) is 0 Å². The van der Waals surface area contributed by atoms with Crippen LogP contribution in [0.5, 0.6) is 0 Å². The second-order valence-electron chi connectivity index (χ2n) is 5.65. The van der Waals surface area contributed by atoms with Crippen molar-refractivity contribution in [2.24, 2.45) is 5.73 Å². The van der Waals surface area contributed by atoms with Crippen LogP contribution in [-0.4, -0.2) is 24.7 Å². The summed E-state index contributed by atoms with van der Waals surface area (Å²) in [6.07, 6.45) is 1.28. The lowest BCUT2D eigenvalue weighted by atomic mass is 9.74. The number of methoxy groups -OCH3 is 1. The van der Waals surface area contributed by atoms with Gasteiger partial charge in [0.1, 0.15) is 5.54 Å². The van der Waals surface area contributed by atoms with Crippen LogP contribution in [0.15, 0.2) is 24.3 Å². The van der Waals surface area contributed by atoms with E-state index >= 15 is 0 Å². The van der Waals surface area contributed by atoms with Crippen LogP contribution in [0.2, 0.25) is 0 Å². The van der Waals surface area contributed by atoms with Crippen molar-refractivity contribution in [2.75, 3.05) is 12.4 Å². The molecule has 104 valence electrons. The van der Waals surface area contributed by atoms with E-state index < -0.39 is 5.54 Å². The van der Waals surface area contributed by atoms with E-state index in [-0.39, 0.29) is 12.0 Å². The molecule has 1 amide bonds. The largest absolute Gasteiger partial charge is 0.381 e. The number of nitrogens with one attached hydrogen (secondary N) is 1. The quantitative estimate of drug-likeness (QED) is 0.874. The number of hydrogen-bond donors (Lipinski definition) is 2. The van der Waals surface area contributed by atoms with Crippen molar-refractivity contribution in [3.05, 3.63) is 29.8 Å². The fourth-order valence-electron chi connectivity index (χ4n) is 2.31. The van der Waals surface area contributed by atoms with Gasteiger partial charge in [0.15, 0.2) is 0 Å². The Morgan fingerprint density at radius 2 is 1.95 bits per heavy atom. The highest BCUT2D eigenvalue weighted by atomic mass is 16.5. The Balaban J connectivity index is 1.96. The molecule has 0 aliphatic heterocycles. The highest BCUT2D eigenvalue weighted by Crippen LogP contribution is 2.33. The van der Waals surface area contributed by atoms with Crippen LogP contribution in [0.25, 0.3) is 0 Å². The monoisotopic (exact) mass is 262 g/mol. The third-order valence-electron chi connectivity index (χ3n) is 3.80. The lowest BCUT2D eigenvalue weighted by molar-refractivity contribution is -0.130. The van der Waals surface area contributed by atoms with E-state index in [0.717, 1.165) is 5.69 Å². The SMILES string of the molecule is COC1CC(N)(C(=O)Nc2ccc(C(C)C)cc2)C1. The Hall–Kier alpha value is -1.39. The number of amides is 1.